The molecule has 1 saturated carbocycles. The summed E-state index contributed by atoms with van der Waals surface area (Å²) in [6.07, 6.45) is 10.4. The van der Waals surface area contributed by atoms with Crippen molar-refractivity contribution in [2.45, 2.75) is 73.9 Å². The summed E-state index contributed by atoms with van der Waals surface area (Å²) in [5.74, 6) is 0.134. The normalized spacial score (nSPS) is 42.8. The standard InChI is InChI=1S/C30H38N4O7/c31-18-11-19(32)29(28(39)25(18)36)41-30-24(33)27(38)26(37)20(40-30)12-34-21(35)10-16-7-6-15-5-4-13-2-1-3-14-8-9-17(16)23(15)22(13)14/h1-9,18-20,22-30,36-39H,10-12,31-33H2,(H,34,35)/t18-,19+,20?,22?,23?,24-,25+,26-,27-,28-,29?,30-/m1/s1. The molecule has 4 unspecified atom stereocenters. The number of amides is 1. The van der Waals surface area contributed by atoms with Crippen LogP contribution in [-0.2, 0) is 14.3 Å². The third-order valence-electron chi connectivity index (χ3n) is 9.08. The number of ether oxygens (including phenoxy) is 2. The largest absolute Gasteiger partial charge is 0.389 e. The molecule has 0 aromatic carbocycles. The number of allylic oxidation sites excluding steroid dienone is 13. The van der Waals surface area contributed by atoms with Gasteiger partial charge in [-0.05, 0) is 34.3 Å². The molecule has 11 heteroatoms. The molecule has 5 aliphatic carbocycles. The number of carbonyl (C=O) groups is 1. The predicted octanol–water partition coefficient (Wildman–Crippen LogP) is -1.54. The van der Waals surface area contributed by atoms with Crippen LogP contribution in [0.25, 0.3) is 0 Å². The van der Waals surface area contributed by atoms with Crippen LogP contribution >= 0.6 is 0 Å². The molecule has 2 fully saturated rings. The molecule has 0 radical (unpaired) electrons. The number of nitrogens with two attached hydrogens (primary N) is 3. The Labute approximate surface area is 238 Å². The molecule has 0 spiro atoms. The van der Waals surface area contributed by atoms with Crippen LogP contribution in [0.3, 0.4) is 0 Å². The van der Waals surface area contributed by atoms with E-state index in [2.05, 4.69) is 53.9 Å². The van der Waals surface area contributed by atoms with Crippen LogP contribution in [0, 0.1) is 11.8 Å². The van der Waals surface area contributed by atoms with Gasteiger partial charge in [0.1, 0.15) is 30.5 Å². The molecule has 1 heterocycles. The lowest BCUT2D eigenvalue weighted by atomic mass is 9.63. The Bertz CT molecular complexity index is 1300. The highest BCUT2D eigenvalue weighted by molar-refractivity contribution is 5.80. The minimum Gasteiger partial charge on any atom is -0.389 e. The first-order valence-electron chi connectivity index (χ1n) is 14.1. The lowest BCUT2D eigenvalue weighted by Gasteiger charge is -2.45. The molecule has 6 rings (SSSR count). The molecule has 1 saturated heterocycles. The van der Waals surface area contributed by atoms with Crippen molar-refractivity contribution >= 4 is 5.91 Å². The maximum absolute atomic E-state index is 13.1. The third-order valence-corrected chi connectivity index (χ3v) is 9.08. The van der Waals surface area contributed by atoms with Crippen LogP contribution in [0.5, 0.6) is 0 Å². The van der Waals surface area contributed by atoms with E-state index in [1.54, 1.807) is 0 Å². The van der Waals surface area contributed by atoms with E-state index in [9.17, 15) is 25.2 Å². The van der Waals surface area contributed by atoms with Crippen molar-refractivity contribution in [3.05, 3.63) is 82.5 Å². The van der Waals surface area contributed by atoms with Gasteiger partial charge in [0.2, 0.25) is 5.91 Å². The van der Waals surface area contributed by atoms with Gasteiger partial charge >= 0.3 is 0 Å². The fourth-order valence-electron chi connectivity index (χ4n) is 6.75. The van der Waals surface area contributed by atoms with Gasteiger partial charge in [0, 0.05) is 30.5 Å². The van der Waals surface area contributed by atoms with E-state index in [0.717, 1.165) is 11.1 Å². The highest BCUT2D eigenvalue weighted by atomic mass is 16.7. The van der Waals surface area contributed by atoms with Gasteiger partial charge in [0.05, 0.1) is 18.6 Å². The zero-order valence-electron chi connectivity index (χ0n) is 22.5. The maximum atomic E-state index is 13.1. The van der Waals surface area contributed by atoms with Crippen LogP contribution in [0.1, 0.15) is 12.8 Å². The van der Waals surface area contributed by atoms with Gasteiger partial charge in [0.15, 0.2) is 6.29 Å². The minimum atomic E-state index is -1.43. The van der Waals surface area contributed by atoms with E-state index in [-0.39, 0.29) is 37.1 Å². The van der Waals surface area contributed by atoms with Crippen LogP contribution in [-0.4, -0.2) is 93.9 Å². The molecule has 1 amide bonds. The number of rotatable bonds is 6. The van der Waals surface area contributed by atoms with Crippen molar-refractivity contribution < 1.29 is 34.7 Å². The lowest BCUT2D eigenvalue weighted by Crippen LogP contribution is -2.67. The van der Waals surface area contributed by atoms with Crippen molar-refractivity contribution in [3.8, 4) is 0 Å². The molecule has 12 atom stereocenters. The van der Waals surface area contributed by atoms with E-state index in [1.807, 2.05) is 6.08 Å². The van der Waals surface area contributed by atoms with Gasteiger partial charge < -0.3 is 52.4 Å². The number of aliphatic hydroxyl groups excluding tert-OH is 4. The second kappa shape index (κ2) is 11.2. The SMILES string of the molecule is N[C@H]1[C@@H](OC2[C@@H](N)C[C@@H](N)[C@H](O)[C@H]2O)OC(CNC(=O)CC2=C3C=CC4=CC=CC5=CC=C(C=C2)C3C45)[C@@H](O)[C@@H]1O. The summed E-state index contributed by atoms with van der Waals surface area (Å²) in [6.45, 7) is -0.111. The fraction of sp³-hybridized carbons (Fsp3) is 0.500. The second-order valence-electron chi connectivity index (χ2n) is 11.7. The minimum absolute atomic E-state index is 0.111. The summed E-state index contributed by atoms with van der Waals surface area (Å²) in [7, 11) is 0. The molecule has 11 nitrogen and oxygen atoms in total. The Morgan fingerprint density at radius 3 is 2.34 bits per heavy atom. The predicted molar refractivity (Wildman–Crippen MR) is 149 cm³/mol. The first kappa shape index (κ1) is 28.4. The van der Waals surface area contributed by atoms with Gasteiger partial charge in [-0.15, -0.1) is 0 Å². The number of aliphatic hydroxyl groups is 4. The maximum Gasteiger partial charge on any atom is 0.224 e. The molecule has 41 heavy (non-hydrogen) atoms. The van der Waals surface area contributed by atoms with Crippen molar-refractivity contribution in [1.82, 2.24) is 5.32 Å². The quantitative estimate of drug-likeness (QED) is 0.186. The summed E-state index contributed by atoms with van der Waals surface area (Å²) in [6, 6.07) is -2.59. The summed E-state index contributed by atoms with van der Waals surface area (Å²) < 4.78 is 11.7. The molecule has 11 N–H and O–H groups in total. The Kier molecular flexibility index (Phi) is 7.74. The van der Waals surface area contributed by atoms with Crippen molar-refractivity contribution in [2.75, 3.05) is 6.54 Å². The Morgan fingerprint density at radius 2 is 1.56 bits per heavy atom. The molecule has 0 aromatic heterocycles. The summed E-state index contributed by atoms with van der Waals surface area (Å²) in [5.41, 5.74) is 23.8. The van der Waals surface area contributed by atoms with Gasteiger partial charge in [-0.3, -0.25) is 4.79 Å². The van der Waals surface area contributed by atoms with E-state index < -0.39 is 61.0 Å². The molecule has 1 aliphatic heterocycles. The summed E-state index contributed by atoms with van der Waals surface area (Å²) >= 11 is 0. The lowest BCUT2D eigenvalue weighted by molar-refractivity contribution is -0.288. The number of hydrogen-bond donors (Lipinski definition) is 8. The first-order valence-corrected chi connectivity index (χ1v) is 14.1. The molecule has 6 aliphatic rings. The molecular weight excluding hydrogens is 528 g/mol. The van der Waals surface area contributed by atoms with E-state index in [1.165, 1.54) is 16.7 Å². The van der Waals surface area contributed by atoms with Gasteiger partial charge in [-0.1, -0.05) is 54.7 Å². The van der Waals surface area contributed by atoms with Crippen LogP contribution in [0.15, 0.2) is 82.5 Å². The van der Waals surface area contributed by atoms with Crippen LogP contribution < -0.4 is 22.5 Å². The van der Waals surface area contributed by atoms with Crippen LogP contribution in [0.4, 0.5) is 0 Å². The Hall–Kier alpha value is -2.71. The van der Waals surface area contributed by atoms with E-state index in [4.69, 9.17) is 26.7 Å². The Morgan fingerprint density at radius 1 is 0.854 bits per heavy atom. The topological polar surface area (TPSA) is 207 Å². The fourth-order valence-corrected chi connectivity index (χ4v) is 6.75. The van der Waals surface area contributed by atoms with E-state index in [0.29, 0.717) is 0 Å². The third kappa shape index (κ3) is 5.11. The highest BCUT2D eigenvalue weighted by Crippen LogP contribution is 2.49. The first-order chi connectivity index (χ1) is 19.6. The highest BCUT2D eigenvalue weighted by Gasteiger charge is 2.48. The van der Waals surface area contributed by atoms with Crippen molar-refractivity contribution in [3.63, 3.8) is 0 Å². The second-order valence-corrected chi connectivity index (χ2v) is 11.7. The summed E-state index contributed by atoms with van der Waals surface area (Å²) in [5, 5.41) is 44.7. The average molecular weight is 567 g/mol. The van der Waals surface area contributed by atoms with E-state index >= 15 is 0 Å². The summed E-state index contributed by atoms with van der Waals surface area (Å²) in [4.78, 5) is 13.1. The zero-order valence-corrected chi connectivity index (χ0v) is 22.5. The van der Waals surface area contributed by atoms with Crippen molar-refractivity contribution in [1.29, 1.82) is 0 Å². The smallest absolute Gasteiger partial charge is 0.224 e. The molecule has 0 bridgehead atoms. The van der Waals surface area contributed by atoms with Crippen LogP contribution in [0.2, 0.25) is 0 Å². The molecular formula is C30H38N4O7. The monoisotopic (exact) mass is 566 g/mol. The number of carbonyl (C=O) groups excluding carboxylic acids is 1. The van der Waals surface area contributed by atoms with Gasteiger partial charge in [0.25, 0.3) is 0 Å². The van der Waals surface area contributed by atoms with Gasteiger partial charge in [-0.2, -0.15) is 0 Å². The number of nitrogens with one attached hydrogen (secondary N) is 1. The zero-order chi connectivity index (χ0) is 29.0. The Balaban J connectivity index is 1.11. The average Bonchev–Trinajstić information content (AvgIpc) is 2.97. The molecule has 220 valence electrons. The number of hydrogen-bond acceptors (Lipinski definition) is 10. The van der Waals surface area contributed by atoms with Crippen molar-refractivity contribution in [2.24, 2.45) is 29.0 Å². The van der Waals surface area contributed by atoms with Gasteiger partial charge in [-0.25, -0.2) is 0 Å². The molecule has 0 aromatic rings.